The van der Waals surface area contributed by atoms with Gasteiger partial charge in [0.1, 0.15) is 0 Å². The molecule has 0 bridgehead atoms. The second kappa shape index (κ2) is 10.2. The van der Waals surface area contributed by atoms with Gasteiger partial charge in [0.05, 0.1) is 31.8 Å². The van der Waals surface area contributed by atoms with Crippen LogP contribution in [0.4, 0.5) is 0 Å². The topological polar surface area (TPSA) is 65.0 Å². The monoisotopic (exact) mass is 276 g/mol. The molecular formula is C14H28O5. The van der Waals surface area contributed by atoms with Gasteiger partial charge in [0.2, 0.25) is 0 Å². The van der Waals surface area contributed by atoms with Crippen LogP contribution in [-0.2, 0) is 19.0 Å². The lowest BCUT2D eigenvalue weighted by Gasteiger charge is -2.28. The van der Waals surface area contributed by atoms with Crippen LogP contribution in [0.5, 0.6) is 0 Å². The van der Waals surface area contributed by atoms with E-state index in [1.807, 2.05) is 13.8 Å². The molecule has 5 nitrogen and oxygen atoms in total. The molecule has 3 unspecified atom stereocenters. The normalized spacial score (nSPS) is 16.3. The summed E-state index contributed by atoms with van der Waals surface area (Å²) in [5.74, 6) is -0.376. The first kappa shape index (κ1) is 18.4. The van der Waals surface area contributed by atoms with Crippen molar-refractivity contribution < 1.29 is 24.1 Å². The second-order valence-electron chi connectivity index (χ2n) is 5.29. The number of rotatable bonds is 11. The van der Waals surface area contributed by atoms with Crippen LogP contribution in [0, 0.1) is 11.8 Å². The number of hydrogen-bond donors (Lipinski definition) is 1. The minimum absolute atomic E-state index is 0.0136. The quantitative estimate of drug-likeness (QED) is 0.586. The van der Waals surface area contributed by atoms with Crippen molar-refractivity contribution in [2.24, 2.45) is 11.8 Å². The summed E-state index contributed by atoms with van der Waals surface area (Å²) in [5.41, 5.74) is 0. The van der Waals surface area contributed by atoms with E-state index in [-0.39, 0.29) is 24.5 Å². The molecule has 0 aliphatic rings. The van der Waals surface area contributed by atoms with E-state index in [9.17, 15) is 4.79 Å². The van der Waals surface area contributed by atoms with Gasteiger partial charge in [0.15, 0.2) is 0 Å². The molecule has 0 aromatic heterocycles. The Morgan fingerprint density at radius 2 is 1.74 bits per heavy atom. The SMILES string of the molecule is COCCOC(CC(=O)O)C(C)C(C)OCC(C)C. The van der Waals surface area contributed by atoms with Gasteiger partial charge in [0.25, 0.3) is 0 Å². The van der Waals surface area contributed by atoms with Crippen LogP contribution in [0.25, 0.3) is 0 Å². The highest BCUT2D eigenvalue weighted by Gasteiger charge is 2.26. The fraction of sp³-hybridized carbons (Fsp3) is 0.929. The molecule has 0 rings (SSSR count). The van der Waals surface area contributed by atoms with E-state index in [4.69, 9.17) is 19.3 Å². The van der Waals surface area contributed by atoms with E-state index in [0.717, 1.165) is 0 Å². The predicted octanol–water partition coefficient (Wildman–Crippen LogP) is 2.19. The van der Waals surface area contributed by atoms with Crippen molar-refractivity contribution in [2.45, 2.75) is 46.3 Å². The molecule has 0 heterocycles. The van der Waals surface area contributed by atoms with Crippen molar-refractivity contribution in [2.75, 3.05) is 26.9 Å². The average Bonchev–Trinajstić information content (AvgIpc) is 2.33. The smallest absolute Gasteiger partial charge is 0.305 e. The van der Waals surface area contributed by atoms with E-state index in [1.54, 1.807) is 7.11 Å². The summed E-state index contributed by atoms with van der Waals surface area (Å²) in [7, 11) is 1.59. The van der Waals surface area contributed by atoms with Crippen LogP contribution in [0.1, 0.15) is 34.1 Å². The largest absolute Gasteiger partial charge is 0.481 e. The maximum atomic E-state index is 10.9. The summed E-state index contributed by atoms with van der Waals surface area (Å²) >= 11 is 0. The van der Waals surface area contributed by atoms with Gasteiger partial charge in [-0.05, 0) is 12.8 Å². The highest BCUT2D eigenvalue weighted by molar-refractivity contribution is 5.67. The number of carboxylic acids is 1. The zero-order valence-corrected chi connectivity index (χ0v) is 12.7. The summed E-state index contributed by atoms with van der Waals surface area (Å²) in [4.78, 5) is 10.9. The van der Waals surface area contributed by atoms with Crippen molar-refractivity contribution in [3.63, 3.8) is 0 Å². The Hall–Kier alpha value is -0.650. The van der Waals surface area contributed by atoms with Crippen LogP contribution in [0.3, 0.4) is 0 Å². The van der Waals surface area contributed by atoms with E-state index in [1.165, 1.54) is 0 Å². The first-order valence-corrected chi connectivity index (χ1v) is 6.82. The van der Waals surface area contributed by atoms with Gasteiger partial charge in [-0.25, -0.2) is 0 Å². The van der Waals surface area contributed by atoms with Gasteiger partial charge in [0, 0.05) is 19.6 Å². The highest BCUT2D eigenvalue weighted by atomic mass is 16.5. The van der Waals surface area contributed by atoms with E-state index in [2.05, 4.69) is 13.8 Å². The standard InChI is InChI=1S/C14H28O5/c1-10(2)9-19-12(4)11(3)13(8-14(15)16)18-7-6-17-5/h10-13H,6-9H2,1-5H3,(H,15,16). The Kier molecular flexibility index (Phi) is 9.83. The molecule has 5 heteroatoms. The molecular weight excluding hydrogens is 248 g/mol. The van der Waals surface area contributed by atoms with Crippen molar-refractivity contribution in [3.05, 3.63) is 0 Å². The van der Waals surface area contributed by atoms with Crippen LogP contribution in [-0.4, -0.2) is 50.2 Å². The van der Waals surface area contributed by atoms with Crippen molar-refractivity contribution in [3.8, 4) is 0 Å². The molecule has 0 aromatic carbocycles. The molecule has 0 radical (unpaired) electrons. The molecule has 19 heavy (non-hydrogen) atoms. The summed E-state index contributed by atoms with van der Waals surface area (Å²) < 4.78 is 16.2. The molecule has 0 amide bonds. The van der Waals surface area contributed by atoms with Gasteiger partial charge in [-0.15, -0.1) is 0 Å². The number of carbonyl (C=O) groups is 1. The summed E-state index contributed by atoms with van der Waals surface area (Å²) in [6, 6.07) is 0. The molecule has 0 aliphatic carbocycles. The van der Waals surface area contributed by atoms with Crippen LogP contribution < -0.4 is 0 Å². The average molecular weight is 276 g/mol. The third kappa shape index (κ3) is 8.97. The number of aliphatic carboxylic acids is 1. The Morgan fingerprint density at radius 1 is 1.11 bits per heavy atom. The summed E-state index contributed by atoms with van der Waals surface area (Å²) in [6.07, 6.45) is -0.399. The Morgan fingerprint density at radius 3 is 2.21 bits per heavy atom. The minimum atomic E-state index is -0.856. The number of ether oxygens (including phenoxy) is 3. The molecule has 3 atom stereocenters. The number of carboxylic acid groups (broad SMARTS) is 1. The van der Waals surface area contributed by atoms with Crippen molar-refractivity contribution >= 4 is 5.97 Å². The molecule has 0 aliphatic heterocycles. The van der Waals surface area contributed by atoms with E-state index >= 15 is 0 Å². The zero-order chi connectivity index (χ0) is 14.8. The maximum absolute atomic E-state index is 10.9. The Balaban J connectivity index is 4.32. The molecule has 1 N–H and O–H groups in total. The van der Waals surface area contributed by atoms with Gasteiger partial charge in [-0.3, -0.25) is 4.79 Å². The summed E-state index contributed by atoms with van der Waals surface area (Å²) in [6.45, 7) is 9.62. The zero-order valence-electron chi connectivity index (χ0n) is 12.7. The minimum Gasteiger partial charge on any atom is -0.481 e. The van der Waals surface area contributed by atoms with Gasteiger partial charge in [-0.2, -0.15) is 0 Å². The molecule has 0 fully saturated rings. The number of methoxy groups -OCH3 is 1. The third-order valence-corrected chi connectivity index (χ3v) is 3.01. The molecule has 0 aromatic rings. The lowest BCUT2D eigenvalue weighted by molar-refractivity contribution is -0.143. The molecule has 0 spiro atoms. The number of hydrogen-bond acceptors (Lipinski definition) is 4. The fourth-order valence-electron chi connectivity index (χ4n) is 1.65. The molecule has 0 saturated carbocycles. The first-order valence-electron chi connectivity index (χ1n) is 6.82. The lowest BCUT2D eigenvalue weighted by atomic mass is 9.96. The highest BCUT2D eigenvalue weighted by Crippen LogP contribution is 2.19. The van der Waals surface area contributed by atoms with E-state index < -0.39 is 5.97 Å². The first-order chi connectivity index (χ1) is 8.88. The van der Waals surface area contributed by atoms with Gasteiger partial charge in [-0.1, -0.05) is 20.8 Å². The van der Waals surface area contributed by atoms with E-state index in [0.29, 0.717) is 25.7 Å². The van der Waals surface area contributed by atoms with Crippen LogP contribution >= 0.6 is 0 Å². The van der Waals surface area contributed by atoms with Crippen LogP contribution in [0.2, 0.25) is 0 Å². The molecule has 0 saturated heterocycles. The Labute approximate surface area is 116 Å². The van der Waals surface area contributed by atoms with Gasteiger partial charge >= 0.3 is 5.97 Å². The lowest BCUT2D eigenvalue weighted by Crippen LogP contribution is -2.35. The fourth-order valence-corrected chi connectivity index (χ4v) is 1.65. The summed E-state index contributed by atoms with van der Waals surface area (Å²) in [5, 5.41) is 8.94. The van der Waals surface area contributed by atoms with Crippen molar-refractivity contribution in [1.29, 1.82) is 0 Å². The van der Waals surface area contributed by atoms with Crippen LogP contribution in [0.15, 0.2) is 0 Å². The molecule has 114 valence electrons. The maximum Gasteiger partial charge on any atom is 0.305 e. The third-order valence-electron chi connectivity index (χ3n) is 3.01. The second-order valence-corrected chi connectivity index (χ2v) is 5.29. The Bertz CT molecular complexity index is 242. The predicted molar refractivity (Wildman–Crippen MR) is 73.3 cm³/mol. The van der Waals surface area contributed by atoms with Gasteiger partial charge < -0.3 is 19.3 Å². The van der Waals surface area contributed by atoms with Crippen molar-refractivity contribution in [1.82, 2.24) is 0 Å².